The zero-order valence-corrected chi connectivity index (χ0v) is 30.1. The zero-order chi connectivity index (χ0) is 35.2. The van der Waals surface area contributed by atoms with Crippen LogP contribution in [0.1, 0.15) is 72.6 Å². The third kappa shape index (κ3) is 4.55. The van der Waals surface area contributed by atoms with E-state index >= 15 is 0 Å². The van der Waals surface area contributed by atoms with E-state index in [1.54, 1.807) is 0 Å². The van der Waals surface area contributed by atoms with Crippen molar-refractivity contribution in [3.05, 3.63) is 203 Å². The van der Waals surface area contributed by atoms with Gasteiger partial charge in [0.05, 0.1) is 0 Å². The second kappa shape index (κ2) is 11.3. The largest absolute Gasteiger partial charge is 0.456 e. The molecule has 2 aliphatic rings. The average Bonchev–Trinajstić information content (AvgIpc) is 3.76. The molecule has 1 nitrogen and oxygen atoms in total. The molecule has 1 heteroatoms. The standard InChI is InChI=1S/C51H40O/c1-50(2)43-16-10-8-15-41(43)48-49(50)42-29-26-37(30-44(42)51(48,3)4)34-20-24-36(25-21-34)47(35-22-18-33(19-23-35)32-12-6-5-7-13-32)38-27-28-40-39-14-9-11-17-45(39)52-46(40)31-38/h5-31,47H,1-4H3. The van der Waals surface area contributed by atoms with Crippen molar-refractivity contribution in [2.75, 3.05) is 0 Å². The van der Waals surface area contributed by atoms with Crippen LogP contribution in [0.2, 0.25) is 0 Å². The van der Waals surface area contributed by atoms with E-state index in [1.165, 1.54) is 72.3 Å². The van der Waals surface area contributed by atoms with Crippen molar-refractivity contribution in [2.24, 2.45) is 0 Å². The highest BCUT2D eigenvalue weighted by atomic mass is 16.3. The SMILES string of the molecule is CC1(C)C2=C(c3ccccc31)C(C)(C)c1cc(-c3ccc(C(c4ccc(-c5ccccc5)cc4)c4ccc5c(c4)oc4ccccc45)cc3)ccc12. The molecule has 0 saturated carbocycles. The molecule has 0 N–H and O–H groups in total. The van der Waals surface area contributed by atoms with Gasteiger partial charge in [-0.25, -0.2) is 0 Å². The van der Waals surface area contributed by atoms with E-state index in [0.29, 0.717) is 0 Å². The Hall–Kier alpha value is -5.92. The maximum atomic E-state index is 6.38. The minimum Gasteiger partial charge on any atom is -0.456 e. The van der Waals surface area contributed by atoms with Gasteiger partial charge in [-0.2, -0.15) is 0 Å². The third-order valence-electron chi connectivity index (χ3n) is 12.0. The summed E-state index contributed by atoms with van der Waals surface area (Å²) < 4.78 is 6.38. The lowest BCUT2D eigenvalue weighted by Crippen LogP contribution is -2.19. The fourth-order valence-corrected chi connectivity index (χ4v) is 9.41. The van der Waals surface area contributed by atoms with Gasteiger partial charge in [0.2, 0.25) is 0 Å². The summed E-state index contributed by atoms with van der Waals surface area (Å²) in [5, 5.41) is 2.31. The van der Waals surface area contributed by atoms with E-state index in [-0.39, 0.29) is 16.7 Å². The maximum absolute atomic E-state index is 6.38. The van der Waals surface area contributed by atoms with Gasteiger partial charge < -0.3 is 4.42 Å². The summed E-state index contributed by atoms with van der Waals surface area (Å²) in [7, 11) is 0. The molecule has 1 atom stereocenters. The molecule has 10 rings (SSSR count). The fourth-order valence-electron chi connectivity index (χ4n) is 9.41. The van der Waals surface area contributed by atoms with Crippen LogP contribution in [-0.2, 0) is 10.8 Å². The van der Waals surface area contributed by atoms with Crippen LogP contribution >= 0.6 is 0 Å². The third-order valence-corrected chi connectivity index (χ3v) is 12.0. The summed E-state index contributed by atoms with van der Waals surface area (Å²) in [6.07, 6.45) is 0. The Labute approximate surface area is 305 Å². The molecule has 52 heavy (non-hydrogen) atoms. The highest BCUT2D eigenvalue weighted by Gasteiger charge is 2.49. The molecule has 0 saturated heterocycles. The Morgan fingerprint density at radius 3 is 1.63 bits per heavy atom. The van der Waals surface area contributed by atoms with Crippen LogP contribution in [0.15, 0.2) is 168 Å². The summed E-state index contributed by atoms with van der Waals surface area (Å²) in [4.78, 5) is 0. The van der Waals surface area contributed by atoms with Crippen molar-refractivity contribution >= 4 is 33.1 Å². The van der Waals surface area contributed by atoms with Gasteiger partial charge in [-0.1, -0.05) is 173 Å². The summed E-state index contributed by atoms with van der Waals surface area (Å²) in [5.41, 5.74) is 19.1. The van der Waals surface area contributed by atoms with Gasteiger partial charge in [-0.05, 0) is 90.5 Å². The quantitative estimate of drug-likeness (QED) is 0.166. The molecule has 0 radical (unpaired) electrons. The number of hydrogen-bond acceptors (Lipinski definition) is 1. The van der Waals surface area contributed by atoms with Gasteiger partial charge in [0.25, 0.3) is 0 Å². The monoisotopic (exact) mass is 668 g/mol. The van der Waals surface area contributed by atoms with E-state index < -0.39 is 0 Å². The van der Waals surface area contributed by atoms with Crippen LogP contribution < -0.4 is 0 Å². The van der Waals surface area contributed by atoms with Crippen LogP contribution in [0, 0.1) is 0 Å². The predicted octanol–water partition coefficient (Wildman–Crippen LogP) is 13.6. The lowest BCUT2D eigenvalue weighted by atomic mass is 9.75. The Morgan fingerprint density at radius 2 is 0.904 bits per heavy atom. The van der Waals surface area contributed by atoms with Crippen molar-refractivity contribution < 1.29 is 4.42 Å². The summed E-state index contributed by atoms with van der Waals surface area (Å²) in [5.74, 6) is 0.0462. The van der Waals surface area contributed by atoms with E-state index in [0.717, 1.165) is 21.9 Å². The number of benzene rings is 7. The van der Waals surface area contributed by atoms with Crippen LogP contribution in [0.4, 0.5) is 0 Å². The molecule has 0 amide bonds. The molecule has 0 fully saturated rings. The van der Waals surface area contributed by atoms with Crippen LogP contribution in [0.25, 0.3) is 55.3 Å². The van der Waals surface area contributed by atoms with Gasteiger partial charge in [-0.3, -0.25) is 0 Å². The lowest BCUT2D eigenvalue weighted by Gasteiger charge is -2.28. The molecule has 1 aromatic heterocycles. The summed E-state index contributed by atoms with van der Waals surface area (Å²) in [6.45, 7) is 9.60. The van der Waals surface area contributed by atoms with E-state index in [4.69, 9.17) is 4.42 Å². The predicted molar refractivity (Wildman–Crippen MR) is 218 cm³/mol. The summed E-state index contributed by atoms with van der Waals surface area (Å²) in [6, 6.07) is 60.2. The second-order valence-electron chi connectivity index (χ2n) is 15.7. The number of para-hydroxylation sites is 1. The van der Waals surface area contributed by atoms with Crippen LogP contribution in [0.5, 0.6) is 0 Å². The number of furan rings is 1. The van der Waals surface area contributed by atoms with Crippen LogP contribution in [0.3, 0.4) is 0 Å². The first-order valence-electron chi connectivity index (χ1n) is 18.5. The molecule has 1 unspecified atom stereocenters. The molecule has 2 aliphatic carbocycles. The minimum absolute atomic E-state index is 0.0166. The lowest BCUT2D eigenvalue weighted by molar-refractivity contribution is 0.668. The highest BCUT2D eigenvalue weighted by Crippen LogP contribution is 2.62. The van der Waals surface area contributed by atoms with Gasteiger partial charge >= 0.3 is 0 Å². The van der Waals surface area contributed by atoms with Gasteiger partial charge in [0.15, 0.2) is 0 Å². The van der Waals surface area contributed by atoms with Crippen molar-refractivity contribution in [3.8, 4) is 22.3 Å². The molecular formula is C51H40O. The number of rotatable bonds is 5. The van der Waals surface area contributed by atoms with E-state index in [2.05, 4.69) is 185 Å². The zero-order valence-electron chi connectivity index (χ0n) is 30.1. The van der Waals surface area contributed by atoms with Gasteiger partial charge in [0.1, 0.15) is 11.2 Å². The first-order chi connectivity index (χ1) is 25.3. The topological polar surface area (TPSA) is 13.1 Å². The Balaban J connectivity index is 1.04. The normalized spacial score (nSPS) is 15.8. The molecule has 250 valence electrons. The van der Waals surface area contributed by atoms with Crippen molar-refractivity contribution in [1.29, 1.82) is 0 Å². The Kier molecular flexibility index (Phi) is 6.70. The van der Waals surface area contributed by atoms with Gasteiger partial charge in [0, 0.05) is 27.5 Å². The summed E-state index contributed by atoms with van der Waals surface area (Å²) >= 11 is 0. The van der Waals surface area contributed by atoms with Crippen molar-refractivity contribution in [1.82, 2.24) is 0 Å². The second-order valence-corrected chi connectivity index (χ2v) is 15.7. The molecule has 8 aromatic rings. The highest BCUT2D eigenvalue weighted by molar-refractivity contribution is 6.09. The number of allylic oxidation sites excluding steroid dienone is 2. The van der Waals surface area contributed by atoms with E-state index in [1.807, 2.05) is 6.07 Å². The molecular weight excluding hydrogens is 629 g/mol. The van der Waals surface area contributed by atoms with Crippen molar-refractivity contribution in [3.63, 3.8) is 0 Å². The fraction of sp³-hybridized carbons (Fsp3) is 0.137. The van der Waals surface area contributed by atoms with Crippen molar-refractivity contribution in [2.45, 2.75) is 44.4 Å². The Bertz CT molecular complexity index is 2700. The van der Waals surface area contributed by atoms with Crippen LogP contribution in [-0.4, -0.2) is 0 Å². The van der Waals surface area contributed by atoms with Gasteiger partial charge in [-0.15, -0.1) is 0 Å². The number of fused-ring (bicyclic) bond motifs is 7. The molecule has 0 spiro atoms. The molecule has 0 aliphatic heterocycles. The maximum Gasteiger partial charge on any atom is 0.135 e. The molecule has 0 bridgehead atoms. The van der Waals surface area contributed by atoms with E-state index in [9.17, 15) is 0 Å². The minimum atomic E-state index is -0.0726. The number of hydrogen-bond donors (Lipinski definition) is 0. The smallest absolute Gasteiger partial charge is 0.135 e. The first kappa shape index (κ1) is 30.9. The molecule has 7 aromatic carbocycles. The Morgan fingerprint density at radius 1 is 0.385 bits per heavy atom. The average molecular weight is 669 g/mol. The first-order valence-corrected chi connectivity index (χ1v) is 18.5. The molecule has 1 heterocycles.